The van der Waals surface area contributed by atoms with Crippen LogP contribution in [0.2, 0.25) is 0 Å². The van der Waals surface area contributed by atoms with Crippen molar-refractivity contribution in [2.45, 2.75) is 12.5 Å². The molecule has 0 saturated carbocycles. The zero-order chi connectivity index (χ0) is 18.6. The van der Waals surface area contributed by atoms with Crippen LogP contribution >= 0.6 is 35.7 Å². The van der Waals surface area contributed by atoms with E-state index in [0.717, 1.165) is 16.7 Å². The zero-order valence-corrected chi connectivity index (χ0v) is 15.5. The summed E-state index contributed by atoms with van der Waals surface area (Å²) in [6.07, 6.45) is 3.71. The van der Waals surface area contributed by atoms with Crippen LogP contribution in [0.3, 0.4) is 0 Å². The van der Waals surface area contributed by atoms with Gasteiger partial charge in [-0.25, -0.2) is 4.79 Å². The first-order valence-corrected chi connectivity index (χ1v) is 9.70. The first-order chi connectivity index (χ1) is 11.8. The number of thiocarbonyl (C=S) groups is 1. The summed E-state index contributed by atoms with van der Waals surface area (Å²) in [7, 11) is 0. The number of amides is 1. The van der Waals surface area contributed by atoms with Crippen molar-refractivity contribution >= 4 is 63.7 Å². The lowest BCUT2D eigenvalue weighted by atomic mass is 10.1. The fraction of sp³-hybridized carbons (Fsp3) is 0.267. The molecule has 0 bridgehead atoms. The van der Waals surface area contributed by atoms with Crippen molar-refractivity contribution in [3.05, 3.63) is 44.8 Å². The minimum absolute atomic E-state index is 0.0484. The van der Waals surface area contributed by atoms with Gasteiger partial charge in [-0.15, -0.1) is 0 Å². The van der Waals surface area contributed by atoms with Gasteiger partial charge in [0.1, 0.15) is 10.4 Å². The molecule has 1 N–H and O–H groups in total. The Hall–Kier alpha value is -1.91. The molecule has 0 aliphatic carbocycles. The Labute approximate surface area is 157 Å². The molecule has 7 nitrogen and oxygen atoms in total. The summed E-state index contributed by atoms with van der Waals surface area (Å²) in [6.45, 7) is 0. The van der Waals surface area contributed by atoms with Gasteiger partial charge < -0.3 is 5.11 Å². The molecule has 1 atom stereocenters. The maximum Gasteiger partial charge on any atom is 0.326 e. The number of nitrogens with zero attached hydrogens (tertiary/aromatic N) is 2. The summed E-state index contributed by atoms with van der Waals surface area (Å²) in [5, 5.41) is 20.1. The zero-order valence-electron chi connectivity index (χ0n) is 13.1. The van der Waals surface area contributed by atoms with Gasteiger partial charge in [0.2, 0.25) is 0 Å². The Morgan fingerprint density at radius 1 is 1.48 bits per heavy atom. The van der Waals surface area contributed by atoms with E-state index < -0.39 is 22.8 Å². The number of carbonyl (C=O) groups excluding carboxylic acids is 1. The lowest BCUT2D eigenvalue weighted by molar-refractivity contribution is -0.384. The van der Waals surface area contributed by atoms with E-state index in [1.54, 1.807) is 6.08 Å². The van der Waals surface area contributed by atoms with Crippen LogP contribution in [-0.2, 0) is 9.59 Å². The predicted octanol–water partition coefficient (Wildman–Crippen LogP) is 3.00. The van der Waals surface area contributed by atoms with E-state index in [1.165, 1.54) is 36.0 Å². The van der Waals surface area contributed by atoms with Crippen LogP contribution < -0.4 is 0 Å². The molecule has 1 unspecified atom stereocenters. The van der Waals surface area contributed by atoms with Crippen molar-refractivity contribution in [1.82, 2.24) is 4.90 Å². The monoisotopic (exact) mass is 398 g/mol. The van der Waals surface area contributed by atoms with Crippen molar-refractivity contribution in [1.29, 1.82) is 0 Å². The van der Waals surface area contributed by atoms with Crippen LogP contribution in [0.4, 0.5) is 5.69 Å². The number of hydrogen-bond donors (Lipinski definition) is 1. The lowest BCUT2D eigenvalue weighted by Crippen LogP contribution is -2.44. The minimum atomic E-state index is -1.10. The molecule has 1 heterocycles. The number of nitro groups is 1. The summed E-state index contributed by atoms with van der Waals surface area (Å²) >= 11 is 7.71. The van der Waals surface area contributed by atoms with Crippen molar-refractivity contribution < 1.29 is 19.6 Å². The molecule has 1 aromatic rings. The van der Waals surface area contributed by atoms with E-state index in [2.05, 4.69) is 0 Å². The van der Waals surface area contributed by atoms with Crippen LogP contribution in [0.25, 0.3) is 6.08 Å². The third-order valence-electron chi connectivity index (χ3n) is 3.42. The molecule has 10 heteroatoms. The molecular formula is C15H14N2O5S3. The van der Waals surface area contributed by atoms with E-state index in [9.17, 15) is 24.8 Å². The van der Waals surface area contributed by atoms with E-state index in [0.29, 0.717) is 22.6 Å². The molecule has 1 saturated heterocycles. The second kappa shape index (κ2) is 8.45. The number of nitro benzene ring substituents is 1. The predicted molar refractivity (Wildman–Crippen MR) is 103 cm³/mol. The van der Waals surface area contributed by atoms with Crippen molar-refractivity contribution in [3.8, 4) is 0 Å². The number of thioether (sulfide) groups is 2. The van der Waals surface area contributed by atoms with E-state index in [-0.39, 0.29) is 10.0 Å². The highest BCUT2D eigenvalue weighted by Crippen LogP contribution is 2.35. The highest BCUT2D eigenvalue weighted by molar-refractivity contribution is 8.26. The second-order valence-electron chi connectivity index (χ2n) is 5.04. The minimum Gasteiger partial charge on any atom is -0.480 e. The smallest absolute Gasteiger partial charge is 0.326 e. The first kappa shape index (κ1) is 19.4. The van der Waals surface area contributed by atoms with Gasteiger partial charge in [0, 0.05) is 12.1 Å². The largest absolute Gasteiger partial charge is 0.480 e. The van der Waals surface area contributed by atoms with Gasteiger partial charge in [-0.1, -0.05) is 24.0 Å². The van der Waals surface area contributed by atoms with Crippen LogP contribution in [-0.4, -0.2) is 49.2 Å². The Morgan fingerprint density at radius 2 is 2.12 bits per heavy atom. The molecule has 1 fully saturated rings. The number of benzene rings is 1. The summed E-state index contributed by atoms with van der Waals surface area (Å²) < 4.78 is 0.201. The highest BCUT2D eigenvalue weighted by Gasteiger charge is 2.40. The SMILES string of the molecule is CSCCC(C(=O)O)N1C(=O)/C(=C/c2ccc([N+](=O)[O-])cc2)SC1=S. The molecule has 2 rings (SSSR count). The highest BCUT2D eigenvalue weighted by atomic mass is 32.2. The number of carbonyl (C=O) groups is 2. The molecule has 0 radical (unpaired) electrons. The van der Waals surface area contributed by atoms with E-state index >= 15 is 0 Å². The number of non-ortho nitro benzene ring substituents is 1. The first-order valence-electron chi connectivity index (χ1n) is 7.08. The standard InChI is InChI=1S/C15H14N2O5S3/c1-24-7-6-11(14(19)20)16-13(18)12(25-15(16)23)8-9-2-4-10(5-3-9)17(21)22/h2-5,8,11H,6-7H2,1H3,(H,19,20)/b12-8-. The number of rotatable bonds is 7. The molecule has 132 valence electrons. The molecule has 1 aliphatic rings. The average molecular weight is 398 g/mol. The summed E-state index contributed by atoms with van der Waals surface area (Å²) in [5.74, 6) is -0.959. The van der Waals surface area contributed by atoms with Crippen LogP contribution in [0.5, 0.6) is 0 Å². The quantitative estimate of drug-likeness (QED) is 0.324. The van der Waals surface area contributed by atoms with Gasteiger partial charge in [0.05, 0.1) is 9.83 Å². The topological polar surface area (TPSA) is 101 Å². The molecule has 0 spiro atoms. The summed E-state index contributed by atoms with van der Waals surface area (Å²) in [4.78, 5) is 35.7. The number of aliphatic carboxylic acids is 1. The van der Waals surface area contributed by atoms with Crippen molar-refractivity contribution in [2.24, 2.45) is 0 Å². The van der Waals surface area contributed by atoms with Gasteiger partial charge in [-0.3, -0.25) is 19.8 Å². The molecule has 0 aromatic heterocycles. The van der Waals surface area contributed by atoms with Crippen molar-refractivity contribution in [3.63, 3.8) is 0 Å². The van der Waals surface area contributed by atoms with Crippen LogP contribution in [0.1, 0.15) is 12.0 Å². The second-order valence-corrected chi connectivity index (χ2v) is 7.70. The molecule has 1 amide bonds. The Kier molecular flexibility index (Phi) is 6.57. The van der Waals surface area contributed by atoms with Crippen molar-refractivity contribution in [2.75, 3.05) is 12.0 Å². The maximum atomic E-state index is 12.6. The average Bonchev–Trinajstić information content (AvgIpc) is 2.83. The lowest BCUT2D eigenvalue weighted by Gasteiger charge is -2.22. The van der Waals surface area contributed by atoms with Gasteiger partial charge in [-0.2, -0.15) is 11.8 Å². The van der Waals surface area contributed by atoms with Crippen LogP contribution in [0, 0.1) is 10.1 Å². The summed E-state index contributed by atoms with van der Waals surface area (Å²) in [5.41, 5.74) is 0.551. The van der Waals surface area contributed by atoms with E-state index in [1.807, 2.05) is 6.26 Å². The van der Waals surface area contributed by atoms with Gasteiger partial charge >= 0.3 is 5.97 Å². The Bertz CT molecular complexity index is 748. The third kappa shape index (κ3) is 4.59. The summed E-state index contributed by atoms with van der Waals surface area (Å²) in [6, 6.07) is 4.72. The Balaban J connectivity index is 2.24. The molecule has 1 aliphatic heterocycles. The number of carboxylic acid groups (broad SMARTS) is 1. The maximum absolute atomic E-state index is 12.6. The van der Waals surface area contributed by atoms with Crippen LogP contribution in [0.15, 0.2) is 29.2 Å². The van der Waals surface area contributed by atoms with E-state index in [4.69, 9.17) is 12.2 Å². The number of carboxylic acids is 1. The van der Waals surface area contributed by atoms with Gasteiger partial charge in [0.15, 0.2) is 0 Å². The molecule has 1 aromatic carbocycles. The third-order valence-corrected chi connectivity index (χ3v) is 5.39. The number of hydrogen-bond acceptors (Lipinski definition) is 7. The van der Waals surface area contributed by atoms with Gasteiger partial charge in [-0.05, 0) is 42.2 Å². The fourth-order valence-electron chi connectivity index (χ4n) is 2.18. The van der Waals surface area contributed by atoms with Gasteiger partial charge in [0.25, 0.3) is 11.6 Å². The Morgan fingerprint density at radius 3 is 2.64 bits per heavy atom. The fourth-order valence-corrected chi connectivity index (χ4v) is 4.00. The molecule has 25 heavy (non-hydrogen) atoms. The molecular weight excluding hydrogens is 384 g/mol. The normalized spacial score (nSPS) is 17.2.